The number of carboxylic acid groups (broad SMARTS) is 1. The third kappa shape index (κ3) is 6.10. The predicted molar refractivity (Wildman–Crippen MR) is 94.5 cm³/mol. The maximum atomic E-state index is 11.9. The molecule has 1 saturated carbocycles. The summed E-state index contributed by atoms with van der Waals surface area (Å²) >= 11 is 0. The lowest BCUT2D eigenvalue weighted by Crippen LogP contribution is -2.45. The summed E-state index contributed by atoms with van der Waals surface area (Å²) < 4.78 is 0. The Morgan fingerprint density at radius 2 is 1.76 bits per heavy atom. The number of nitrogens with one attached hydrogen (secondary N) is 3. The molecule has 1 aliphatic carbocycles. The van der Waals surface area contributed by atoms with E-state index in [9.17, 15) is 14.4 Å². The van der Waals surface area contributed by atoms with Gasteiger partial charge in [-0.1, -0.05) is 31.4 Å². The van der Waals surface area contributed by atoms with Gasteiger partial charge in [0, 0.05) is 11.7 Å². The number of aliphatic carboxylic acids is 1. The Morgan fingerprint density at radius 3 is 2.36 bits per heavy atom. The first-order chi connectivity index (χ1) is 12.0. The third-order valence-corrected chi connectivity index (χ3v) is 4.41. The average molecular weight is 347 g/mol. The van der Waals surface area contributed by atoms with Crippen LogP contribution in [0.1, 0.15) is 50.5 Å². The molecule has 1 aromatic carbocycles. The summed E-state index contributed by atoms with van der Waals surface area (Å²) in [5.41, 5.74) is 1.22. The summed E-state index contributed by atoms with van der Waals surface area (Å²) in [6.45, 7) is 1.48. The van der Waals surface area contributed by atoms with Gasteiger partial charge in [0.2, 0.25) is 5.91 Å². The molecule has 0 aromatic heterocycles. The molecule has 0 aliphatic heterocycles. The summed E-state index contributed by atoms with van der Waals surface area (Å²) in [7, 11) is 0. The van der Waals surface area contributed by atoms with Crippen LogP contribution in [0.4, 0.5) is 10.5 Å². The molecule has 0 bridgehead atoms. The van der Waals surface area contributed by atoms with Gasteiger partial charge < -0.3 is 21.1 Å². The maximum absolute atomic E-state index is 11.9. The summed E-state index contributed by atoms with van der Waals surface area (Å²) in [5, 5.41) is 17.1. The summed E-state index contributed by atoms with van der Waals surface area (Å²) in [4.78, 5) is 34.6. The lowest BCUT2D eigenvalue weighted by Gasteiger charge is -2.22. The Kier molecular flexibility index (Phi) is 6.80. The van der Waals surface area contributed by atoms with Crippen LogP contribution in [-0.2, 0) is 9.59 Å². The van der Waals surface area contributed by atoms with Gasteiger partial charge in [0.25, 0.3) is 0 Å². The average Bonchev–Trinajstić information content (AvgIpc) is 2.61. The number of benzene rings is 1. The third-order valence-electron chi connectivity index (χ3n) is 4.41. The van der Waals surface area contributed by atoms with Crippen LogP contribution in [0.3, 0.4) is 0 Å². The highest BCUT2D eigenvalue weighted by Gasteiger charge is 2.16. The Bertz CT molecular complexity index is 609. The molecule has 3 amide bonds. The zero-order valence-corrected chi connectivity index (χ0v) is 14.4. The molecule has 4 N–H and O–H groups in total. The molecule has 7 heteroatoms. The molecular weight excluding hydrogens is 322 g/mol. The standard InChI is InChI=1S/C18H25N3O4/c1-12(17(23)24)13-7-9-15(10-8-13)20-16(22)11-19-18(25)21-14-5-3-2-4-6-14/h7-10,12,14H,2-6,11H2,1H3,(H,20,22)(H,23,24)(H2,19,21,25). The number of carboxylic acids is 1. The molecule has 1 atom stereocenters. The zero-order valence-electron chi connectivity index (χ0n) is 14.4. The SMILES string of the molecule is CC(C(=O)O)c1ccc(NC(=O)CNC(=O)NC2CCCCC2)cc1. The van der Waals surface area contributed by atoms with Crippen LogP contribution in [0.15, 0.2) is 24.3 Å². The first-order valence-corrected chi connectivity index (χ1v) is 8.62. The largest absolute Gasteiger partial charge is 0.481 e. The molecule has 25 heavy (non-hydrogen) atoms. The van der Waals surface area contributed by atoms with Crippen LogP contribution in [0.2, 0.25) is 0 Å². The van der Waals surface area contributed by atoms with Gasteiger partial charge in [0.15, 0.2) is 0 Å². The number of hydrogen-bond donors (Lipinski definition) is 4. The van der Waals surface area contributed by atoms with Crippen molar-refractivity contribution in [1.82, 2.24) is 10.6 Å². The topological polar surface area (TPSA) is 108 Å². The van der Waals surface area contributed by atoms with Crippen molar-refractivity contribution in [3.8, 4) is 0 Å². The van der Waals surface area contributed by atoms with E-state index in [1.54, 1.807) is 31.2 Å². The van der Waals surface area contributed by atoms with Crippen molar-refractivity contribution in [3.05, 3.63) is 29.8 Å². The van der Waals surface area contributed by atoms with Gasteiger partial charge >= 0.3 is 12.0 Å². The molecule has 136 valence electrons. The summed E-state index contributed by atoms with van der Waals surface area (Å²) in [6.07, 6.45) is 5.44. The molecule has 0 heterocycles. The summed E-state index contributed by atoms with van der Waals surface area (Å²) in [5.74, 6) is -1.84. The van der Waals surface area contributed by atoms with Crippen molar-refractivity contribution in [1.29, 1.82) is 0 Å². The fourth-order valence-electron chi connectivity index (χ4n) is 2.85. The van der Waals surface area contributed by atoms with Crippen molar-refractivity contribution in [2.45, 2.75) is 51.0 Å². The van der Waals surface area contributed by atoms with Gasteiger partial charge in [-0.2, -0.15) is 0 Å². The Morgan fingerprint density at radius 1 is 1.12 bits per heavy atom. The van der Waals surface area contributed by atoms with Gasteiger partial charge in [-0.3, -0.25) is 9.59 Å². The van der Waals surface area contributed by atoms with Gasteiger partial charge in [0.05, 0.1) is 12.5 Å². The highest BCUT2D eigenvalue weighted by molar-refractivity contribution is 5.94. The molecule has 0 spiro atoms. The van der Waals surface area contributed by atoms with Crippen molar-refractivity contribution in [2.75, 3.05) is 11.9 Å². The second-order valence-electron chi connectivity index (χ2n) is 6.39. The van der Waals surface area contributed by atoms with Crippen LogP contribution in [0.5, 0.6) is 0 Å². The second-order valence-corrected chi connectivity index (χ2v) is 6.39. The molecule has 1 fully saturated rings. The van der Waals surface area contributed by atoms with E-state index < -0.39 is 11.9 Å². The predicted octanol–water partition coefficient (Wildman–Crippen LogP) is 2.45. The lowest BCUT2D eigenvalue weighted by molar-refractivity contribution is -0.138. The van der Waals surface area contributed by atoms with E-state index in [1.807, 2.05) is 0 Å². The molecule has 1 aliphatic rings. The highest BCUT2D eigenvalue weighted by Crippen LogP contribution is 2.18. The van der Waals surface area contributed by atoms with Gasteiger partial charge in [0.1, 0.15) is 0 Å². The lowest BCUT2D eigenvalue weighted by atomic mass is 9.96. The van der Waals surface area contributed by atoms with E-state index in [0.717, 1.165) is 25.7 Å². The quantitative estimate of drug-likeness (QED) is 0.634. The van der Waals surface area contributed by atoms with Crippen LogP contribution in [0, 0.1) is 0 Å². The normalized spacial score (nSPS) is 15.9. The Balaban J connectivity index is 1.74. The van der Waals surface area contributed by atoms with Crippen LogP contribution >= 0.6 is 0 Å². The number of carbonyl (C=O) groups is 3. The van der Waals surface area contributed by atoms with Crippen molar-refractivity contribution in [2.24, 2.45) is 0 Å². The summed E-state index contributed by atoms with van der Waals surface area (Å²) in [6, 6.07) is 6.49. The first kappa shape index (κ1) is 18.8. The van der Waals surface area contributed by atoms with Crippen molar-refractivity contribution in [3.63, 3.8) is 0 Å². The number of rotatable bonds is 6. The smallest absolute Gasteiger partial charge is 0.315 e. The van der Waals surface area contributed by atoms with Crippen molar-refractivity contribution < 1.29 is 19.5 Å². The second kappa shape index (κ2) is 9.05. The molecule has 2 rings (SSSR count). The molecule has 0 saturated heterocycles. The number of amides is 3. The fourth-order valence-corrected chi connectivity index (χ4v) is 2.85. The minimum atomic E-state index is -0.898. The minimum absolute atomic E-state index is 0.119. The Hall–Kier alpha value is -2.57. The van der Waals surface area contributed by atoms with Crippen molar-refractivity contribution >= 4 is 23.6 Å². The molecular formula is C18H25N3O4. The van der Waals surface area contributed by atoms with Gasteiger partial charge in [-0.05, 0) is 37.5 Å². The number of anilines is 1. The van der Waals surface area contributed by atoms with E-state index in [1.165, 1.54) is 6.42 Å². The van der Waals surface area contributed by atoms with E-state index >= 15 is 0 Å². The maximum Gasteiger partial charge on any atom is 0.315 e. The van der Waals surface area contributed by atoms with Gasteiger partial charge in [-0.25, -0.2) is 4.79 Å². The number of urea groups is 1. The molecule has 1 aromatic rings. The first-order valence-electron chi connectivity index (χ1n) is 8.62. The van der Waals surface area contributed by atoms with E-state index in [2.05, 4.69) is 16.0 Å². The Labute approximate surface area is 147 Å². The number of hydrogen-bond acceptors (Lipinski definition) is 3. The van der Waals surface area contributed by atoms with E-state index in [4.69, 9.17) is 5.11 Å². The van der Waals surface area contributed by atoms with Crippen LogP contribution < -0.4 is 16.0 Å². The highest BCUT2D eigenvalue weighted by atomic mass is 16.4. The fraction of sp³-hybridized carbons (Fsp3) is 0.500. The van der Waals surface area contributed by atoms with Crippen LogP contribution in [-0.4, -0.2) is 35.6 Å². The molecule has 0 radical (unpaired) electrons. The number of carbonyl (C=O) groups excluding carboxylic acids is 2. The molecule has 1 unspecified atom stereocenters. The van der Waals surface area contributed by atoms with Crippen LogP contribution in [0.25, 0.3) is 0 Å². The monoisotopic (exact) mass is 347 g/mol. The van der Waals surface area contributed by atoms with E-state index in [0.29, 0.717) is 11.3 Å². The minimum Gasteiger partial charge on any atom is -0.481 e. The zero-order chi connectivity index (χ0) is 18.2. The molecule has 7 nitrogen and oxygen atoms in total. The van der Waals surface area contributed by atoms with Gasteiger partial charge in [-0.15, -0.1) is 0 Å². The van der Waals surface area contributed by atoms with E-state index in [-0.39, 0.29) is 24.5 Å².